The SMILES string of the molecule is CN(C)C(=O)OC1CCN(C(=O)c2cnn(C)c2-n2cccc2)C1. The number of aryl methyl sites for hydroxylation is 1. The van der Waals surface area contributed by atoms with Crippen molar-refractivity contribution in [2.24, 2.45) is 7.05 Å². The quantitative estimate of drug-likeness (QED) is 0.845. The van der Waals surface area contributed by atoms with Crippen LogP contribution in [0.5, 0.6) is 0 Å². The lowest BCUT2D eigenvalue weighted by Gasteiger charge is -2.18. The summed E-state index contributed by atoms with van der Waals surface area (Å²) in [5, 5.41) is 4.21. The van der Waals surface area contributed by atoms with Gasteiger partial charge in [0.15, 0.2) is 0 Å². The molecule has 1 aliphatic rings. The van der Waals surface area contributed by atoms with Crippen molar-refractivity contribution in [1.82, 2.24) is 24.1 Å². The molecule has 8 heteroatoms. The Labute approximate surface area is 140 Å². The van der Waals surface area contributed by atoms with E-state index in [-0.39, 0.29) is 18.1 Å². The summed E-state index contributed by atoms with van der Waals surface area (Å²) in [6, 6.07) is 3.79. The number of nitrogens with zero attached hydrogens (tertiary/aromatic N) is 5. The van der Waals surface area contributed by atoms with E-state index in [0.717, 1.165) is 5.82 Å². The molecule has 2 amide bonds. The zero-order valence-electron chi connectivity index (χ0n) is 14.0. The largest absolute Gasteiger partial charge is 0.444 e. The molecule has 3 rings (SSSR count). The zero-order chi connectivity index (χ0) is 17.3. The van der Waals surface area contributed by atoms with Crippen molar-refractivity contribution in [3.63, 3.8) is 0 Å². The van der Waals surface area contributed by atoms with Gasteiger partial charge < -0.3 is 19.1 Å². The first kappa shape index (κ1) is 16.1. The van der Waals surface area contributed by atoms with E-state index in [1.807, 2.05) is 29.1 Å². The maximum absolute atomic E-state index is 12.8. The summed E-state index contributed by atoms with van der Waals surface area (Å²) >= 11 is 0. The van der Waals surface area contributed by atoms with Crippen LogP contribution in [0.2, 0.25) is 0 Å². The Hall–Kier alpha value is -2.77. The van der Waals surface area contributed by atoms with Gasteiger partial charge in [-0.05, 0) is 12.1 Å². The van der Waals surface area contributed by atoms with Crippen molar-refractivity contribution >= 4 is 12.0 Å². The first-order valence-electron chi connectivity index (χ1n) is 7.80. The van der Waals surface area contributed by atoms with E-state index in [2.05, 4.69) is 5.10 Å². The van der Waals surface area contributed by atoms with Crippen LogP contribution in [0.15, 0.2) is 30.7 Å². The van der Waals surface area contributed by atoms with Gasteiger partial charge in [-0.2, -0.15) is 5.10 Å². The molecule has 1 unspecified atom stereocenters. The first-order valence-corrected chi connectivity index (χ1v) is 7.80. The van der Waals surface area contributed by atoms with Gasteiger partial charge in [0.1, 0.15) is 17.5 Å². The Morgan fingerprint density at radius 2 is 2.00 bits per heavy atom. The highest BCUT2D eigenvalue weighted by atomic mass is 16.6. The van der Waals surface area contributed by atoms with E-state index in [1.165, 1.54) is 4.90 Å². The molecule has 0 aromatic carbocycles. The van der Waals surface area contributed by atoms with Crippen LogP contribution in [-0.2, 0) is 11.8 Å². The van der Waals surface area contributed by atoms with Crippen molar-refractivity contribution in [2.45, 2.75) is 12.5 Å². The van der Waals surface area contributed by atoms with E-state index in [4.69, 9.17) is 4.74 Å². The maximum Gasteiger partial charge on any atom is 0.409 e. The molecular formula is C16H21N5O3. The molecule has 24 heavy (non-hydrogen) atoms. The van der Waals surface area contributed by atoms with Crippen LogP contribution in [0.4, 0.5) is 4.79 Å². The Morgan fingerprint density at radius 1 is 1.29 bits per heavy atom. The molecule has 1 aliphatic heterocycles. The molecule has 2 aromatic rings. The lowest BCUT2D eigenvalue weighted by molar-refractivity contribution is 0.0665. The van der Waals surface area contributed by atoms with Gasteiger partial charge in [0.25, 0.3) is 5.91 Å². The van der Waals surface area contributed by atoms with Gasteiger partial charge in [-0.1, -0.05) is 0 Å². The van der Waals surface area contributed by atoms with Gasteiger partial charge in [-0.3, -0.25) is 9.48 Å². The van der Waals surface area contributed by atoms with Gasteiger partial charge in [-0.25, -0.2) is 4.79 Å². The number of carbonyl (C=O) groups excluding carboxylic acids is 2. The van der Waals surface area contributed by atoms with Gasteiger partial charge >= 0.3 is 6.09 Å². The summed E-state index contributed by atoms with van der Waals surface area (Å²) in [5.41, 5.74) is 0.535. The standard InChI is InChI=1S/C16H21N5O3/c1-18(2)16(23)24-12-6-9-21(11-12)15(22)13-10-17-19(3)14(13)20-7-4-5-8-20/h4-5,7-8,10,12H,6,9,11H2,1-3H3. The molecule has 3 heterocycles. The molecule has 1 fully saturated rings. The summed E-state index contributed by atoms with van der Waals surface area (Å²) in [4.78, 5) is 27.6. The van der Waals surface area contributed by atoms with Crippen LogP contribution in [0.1, 0.15) is 16.8 Å². The van der Waals surface area contributed by atoms with Crippen molar-refractivity contribution in [1.29, 1.82) is 0 Å². The number of ether oxygens (including phenoxy) is 1. The number of likely N-dealkylation sites (tertiary alicyclic amines) is 1. The van der Waals surface area contributed by atoms with Crippen molar-refractivity contribution in [3.05, 3.63) is 36.3 Å². The zero-order valence-corrected chi connectivity index (χ0v) is 14.0. The lowest BCUT2D eigenvalue weighted by atomic mass is 10.3. The summed E-state index contributed by atoms with van der Waals surface area (Å²) < 4.78 is 8.90. The second-order valence-corrected chi connectivity index (χ2v) is 6.04. The Balaban J connectivity index is 1.74. The fraction of sp³-hybridized carbons (Fsp3) is 0.438. The summed E-state index contributed by atoms with van der Waals surface area (Å²) in [6.07, 6.45) is 5.32. The number of amides is 2. The first-order chi connectivity index (χ1) is 11.5. The number of carbonyl (C=O) groups is 2. The normalized spacial score (nSPS) is 17.1. The fourth-order valence-electron chi connectivity index (χ4n) is 2.79. The minimum atomic E-state index is -0.385. The molecule has 0 radical (unpaired) electrons. The topological polar surface area (TPSA) is 72.6 Å². The van der Waals surface area contributed by atoms with Gasteiger partial charge in [-0.15, -0.1) is 0 Å². The highest BCUT2D eigenvalue weighted by Gasteiger charge is 2.32. The minimum absolute atomic E-state index is 0.102. The number of rotatable bonds is 3. The summed E-state index contributed by atoms with van der Waals surface area (Å²) in [7, 11) is 5.08. The third-order valence-electron chi connectivity index (χ3n) is 4.05. The molecule has 128 valence electrons. The Morgan fingerprint density at radius 3 is 2.67 bits per heavy atom. The van der Waals surface area contributed by atoms with Crippen LogP contribution < -0.4 is 0 Å². The molecule has 0 spiro atoms. The summed E-state index contributed by atoms with van der Waals surface area (Å²) in [6.45, 7) is 0.961. The fourth-order valence-corrected chi connectivity index (χ4v) is 2.79. The molecule has 1 atom stereocenters. The molecule has 0 saturated carbocycles. The van der Waals surface area contributed by atoms with E-state index in [1.54, 1.807) is 36.9 Å². The van der Waals surface area contributed by atoms with Crippen molar-refractivity contribution < 1.29 is 14.3 Å². The van der Waals surface area contributed by atoms with Gasteiger partial charge in [0.05, 0.1) is 12.7 Å². The smallest absolute Gasteiger partial charge is 0.409 e. The van der Waals surface area contributed by atoms with Crippen LogP contribution in [-0.4, -0.2) is 69.4 Å². The molecular weight excluding hydrogens is 310 g/mol. The second kappa shape index (κ2) is 6.38. The van der Waals surface area contributed by atoms with Gasteiger partial charge in [0, 0.05) is 46.5 Å². The Kier molecular flexibility index (Phi) is 4.28. The predicted molar refractivity (Wildman–Crippen MR) is 87.0 cm³/mol. The molecule has 1 saturated heterocycles. The van der Waals surface area contributed by atoms with Crippen LogP contribution in [0, 0.1) is 0 Å². The third-order valence-corrected chi connectivity index (χ3v) is 4.05. The van der Waals surface area contributed by atoms with E-state index in [9.17, 15) is 9.59 Å². The highest BCUT2D eigenvalue weighted by molar-refractivity contribution is 5.97. The van der Waals surface area contributed by atoms with Crippen LogP contribution >= 0.6 is 0 Å². The summed E-state index contributed by atoms with van der Waals surface area (Å²) in [5.74, 6) is 0.619. The predicted octanol–water partition coefficient (Wildman–Crippen LogP) is 1.12. The molecule has 0 N–H and O–H groups in total. The van der Waals surface area contributed by atoms with Crippen LogP contribution in [0.25, 0.3) is 5.82 Å². The number of aromatic nitrogens is 3. The van der Waals surface area contributed by atoms with Crippen molar-refractivity contribution in [3.8, 4) is 5.82 Å². The third kappa shape index (κ3) is 2.99. The van der Waals surface area contributed by atoms with Gasteiger partial charge in [0.2, 0.25) is 0 Å². The maximum atomic E-state index is 12.8. The molecule has 8 nitrogen and oxygen atoms in total. The molecule has 2 aromatic heterocycles. The van der Waals surface area contributed by atoms with E-state index < -0.39 is 0 Å². The number of hydrogen-bond acceptors (Lipinski definition) is 4. The van der Waals surface area contributed by atoms with Crippen molar-refractivity contribution in [2.75, 3.05) is 27.2 Å². The number of hydrogen-bond donors (Lipinski definition) is 0. The lowest BCUT2D eigenvalue weighted by Crippen LogP contribution is -2.33. The highest BCUT2D eigenvalue weighted by Crippen LogP contribution is 2.20. The average Bonchev–Trinajstić information content (AvgIpc) is 3.26. The minimum Gasteiger partial charge on any atom is -0.444 e. The van der Waals surface area contributed by atoms with E-state index >= 15 is 0 Å². The second-order valence-electron chi connectivity index (χ2n) is 6.04. The Bertz CT molecular complexity index is 735. The van der Waals surface area contributed by atoms with E-state index in [0.29, 0.717) is 25.1 Å². The average molecular weight is 331 g/mol. The monoisotopic (exact) mass is 331 g/mol. The molecule has 0 bridgehead atoms. The van der Waals surface area contributed by atoms with Crippen LogP contribution in [0.3, 0.4) is 0 Å². The molecule has 0 aliphatic carbocycles.